The van der Waals surface area contributed by atoms with Crippen LogP contribution in [0.15, 0.2) is 0 Å². The zero-order valence-corrected chi connectivity index (χ0v) is 16.9. The van der Waals surface area contributed by atoms with Gasteiger partial charge in [0.1, 0.15) is 5.82 Å². The topological polar surface area (TPSA) is 9.23 Å². The second-order valence-corrected chi connectivity index (χ2v) is 12.9. The van der Waals surface area contributed by atoms with E-state index in [1.165, 1.54) is 6.07 Å². The van der Waals surface area contributed by atoms with Crippen molar-refractivity contribution in [2.75, 3.05) is 0 Å². The summed E-state index contributed by atoms with van der Waals surface area (Å²) in [5.41, 5.74) is -0.343. The molecule has 149 valence electrons. The standard InChI is InChI=1S/C19H21F6OSi/c1-8(2)27(9(3)4,10(5)6)26-19-17(24)13-11(20)7-12(21)15(22)14(13)16(23)18(19)25/h8-10H,1-6H3. The molecular weight excluding hydrogens is 386 g/mol. The van der Waals surface area contributed by atoms with Crippen LogP contribution in [0.2, 0.25) is 16.6 Å². The molecule has 0 heterocycles. The van der Waals surface area contributed by atoms with E-state index < -0.39 is 59.7 Å². The Balaban J connectivity index is 2.88. The first-order valence-corrected chi connectivity index (χ1v) is 10.8. The normalized spacial score (nSPS) is 12.7. The van der Waals surface area contributed by atoms with Gasteiger partial charge < -0.3 is 4.43 Å². The van der Waals surface area contributed by atoms with E-state index in [0.29, 0.717) is 0 Å². The van der Waals surface area contributed by atoms with E-state index in [9.17, 15) is 26.3 Å². The molecule has 2 rings (SSSR count). The van der Waals surface area contributed by atoms with Crippen molar-refractivity contribution in [1.29, 1.82) is 0 Å². The maximum absolute atomic E-state index is 14.9. The first-order valence-electron chi connectivity index (χ1n) is 8.62. The van der Waals surface area contributed by atoms with Gasteiger partial charge in [0.15, 0.2) is 29.0 Å². The van der Waals surface area contributed by atoms with Crippen molar-refractivity contribution >= 4 is 19.1 Å². The Labute approximate surface area is 155 Å². The average Bonchev–Trinajstić information content (AvgIpc) is 2.55. The van der Waals surface area contributed by atoms with E-state index in [0.717, 1.165) is 0 Å². The summed E-state index contributed by atoms with van der Waals surface area (Å²) in [6.45, 7) is 11.0. The summed E-state index contributed by atoms with van der Waals surface area (Å²) in [6.07, 6.45) is 0. The van der Waals surface area contributed by atoms with Crippen molar-refractivity contribution in [3.05, 3.63) is 41.0 Å². The fourth-order valence-electron chi connectivity index (χ4n) is 3.99. The molecule has 0 aliphatic rings. The molecule has 0 saturated carbocycles. The zero-order valence-electron chi connectivity index (χ0n) is 15.9. The molecule has 0 bridgehead atoms. The van der Waals surface area contributed by atoms with E-state index in [2.05, 4.69) is 0 Å². The summed E-state index contributed by atoms with van der Waals surface area (Å²) in [7, 11) is -2.93. The van der Waals surface area contributed by atoms with Crippen LogP contribution in [0.3, 0.4) is 0 Å². The van der Waals surface area contributed by atoms with Gasteiger partial charge >= 0.3 is 0 Å². The highest BCUT2D eigenvalue weighted by Gasteiger charge is 2.48. The highest BCUT2D eigenvalue weighted by atomic mass is 28.4. The Morgan fingerprint density at radius 2 is 1.11 bits per heavy atom. The van der Waals surface area contributed by atoms with Crippen LogP contribution in [-0.4, -0.2) is 8.32 Å². The first-order chi connectivity index (χ1) is 12.4. The summed E-state index contributed by atoms with van der Waals surface area (Å²) in [5.74, 6) is -11.8. The molecule has 8 heteroatoms. The van der Waals surface area contributed by atoms with E-state index in [1.807, 2.05) is 41.5 Å². The maximum Gasteiger partial charge on any atom is 0.259 e. The molecule has 0 atom stereocenters. The van der Waals surface area contributed by atoms with Gasteiger partial charge in [-0.25, -0.2) is 22.0 Å². The fourth-order valence-corrected chi connectivity index (χ4v) is 9.23. The van der Waals surface area contributed by atoms with Crippen molar-refractivity contribution in [3.63, 3.8) is 0 Å². The Morgan fingerprint density at radius 3 is 1.56 bits per heavy atom. The van der Waals surface area contributed by atoms with Crippen LogP contribution >= 0.6 is 0 Å². The monoisotopic (exact) mass is 407 g/mol. The minimum absolute atomic E-state index is 0.114. The van der Waals surface area contributed by atoms with E-state index in [4.69, 9.17) is 4.43 Å². The van der Waals surface area contributed by atoms with E-state index in [1.54, 1.807) is 0 Å². The molecule has 0 unspecified atom stereocenters. The van der Waals surface area contributed by atoms with Crippen LogP contribution in [0.25, 0.3) is 10.8 Å². The molecule has 0 N–H and O–H groups in total. The minimum atomic E-state index is -2.93. The van der Waals surface area contributed by atoms with Gasteiger partial charge in [0.05, 0.1) is 16.8 Å². The lowest BCUT2D eigenvalue weighted by atomic mass is 10.1. The molecule has 27 heavy (non-hydrogen) atoms. The van der Waals surface area contributed by atoms with Gasteiger partial charge in [0, 0.05) is 0 Å². The Kier molecular flexibility index (Phi) is 5.90. The molecule has 2 aromatic rings. The zero-order chi connectivity index (χ0) is 20.8. The summed E-state index contributed by atoms with van der Waals surface area (Å²) in [5, 5.41) is -2.65. The van der Waals surface area contributed by atoms with Gasteiger partial charge in [0.25, 0.3) is 8.32 Å². The SMILES string of the molecule is CC(C)[Si](Oc1c(F)c(F)c2c(F)c(F)[c]c(F)c2c1F)(C(C)C)C(C)C. The van der Waals surface area contributed by atoms with Crippen molar-refractivity contribution in [1.82, 2.24) is 0 Å². The second kappa shape index (κ2) is 7.37. The summed E-state index contributed by atoms with van der Waals surface area (Å²) in [4.78, 5) is 0. The number of rotatable bonds is 5. The summed E-state index contributed by atoms with van der Waals surface area (Å²) < 4.78 is 91.1. The molecule has 0 fully saturated rings. The number of hydrogen-bond acceptors (Lipinski definition) is 1. The average molecular weight is 407 g/mol. The predicted molar refractivity (Wildman–Crippen MR) is 94.2 cm³/mol. The smallest absolute Gasteiger partial charge is 0.259 e. The van der Waals surface area contributed by atoms with Crippen LogP contribution in [0, 0.1) is 41.0 Å². The first kappa shape index (κ1) is 21.6. The quantitative estimate of drug-likeness (QED) is 0.294. The molecule has 0 aliphatic heterocycles. The van der Waals surface area contributed by atoms with Gasteiger partial charge in [-0.3, -0.25) is 0 Å². The number of fused-ring (bicyclic) bond motifs is 1. The number of hydrogen-bond donors (Lipinski definition) is 0. The van der Waals surface area contributed by atoms with Gasteiger partial charge in [-0.15, -0.1) is 0 Å². The highest BCUT2D eigenvalue weighted by Crippen LogP contribution is 2.45. The van der Waals surface area contributed by atoms with Gasteiger partial charge in [-0.05, 0) is 16.6 Å². The van der Waals surface area contributed by atoms with Crippen LogP contribution in [-0.2, 0) is 0 Å². The predicted octanol–water partition coefficient (Wildman–Crippen LogP) is 7.03. The van der Waals surface area contributed by atoms with Crippen LogP contribution < -0.4 is 4.43 Å². The van der Waals surface area contributed by atoms with Crippen molar-refractivity contribution < 1.29 is 30.8 Å². The number of halogens is 6. The molecule has 1 radical (unpaired) electrons. The fraction of sp³-hybridized carbons (Fsp3) is 0.474. The molecular formula is C19H21F6OSi. The Bertz CT molecular complexity index is 857. The molecule has 0 saturated heterocycles. The van der Waals surface area contributed by atoms with Gasteiger partial charge in [0.2, 0.25) is 5.82 Å². The molecule has 0 spiro atoms. The summed E-state index contributed by atoms with van der Waals surface area (Å²) >= 11 is 0. The lowest BCUT2D eigenvalue weighted by Crippen LogP contribution is -2.51. The lowest BCUT2D eigenvalue weighted by molar-refractivity contribution is 0.397. The van der Waals surface area contributed by atoms with Crippen molar-refractivity contribution in [2.45, 2.75) is 58.2 Å². The third kappa shape index (κ3) is 3.21. The van der Waals surface area contributed by atoms with Crippen LogP contribution in [0.5, 0.6) is 5.75 Å². The molecule has 0 aliphatic carbocycles. The number of benzene rings is 2. The highest BCUT2D eigenvalue weighted by molar-refractivity contribution is 6.78. The Hall–Kier alpha value is -1.70. The molecule has 0 amide bonds. The van der Waals surface area contributed by atoms with Crippen molar-refractivity contribution in [2.24, 2.45) is 0 Å². The van der Waals surface area contributed by atoms with Crippen molar-refractivity contribution in [3.8, 4) is 5.75 Å². The third-order valence-electron chi connectivity index (χ3n) is 5.12. The lowest BCUT2D eigenvalue weighted by Gasteiger charge is -2.42. The second-order valence-electron chi connectivity index (χ2n) is 7.51. The Morgan fingerprint density at radius 1 is 0.630 bits per heavy atom. The molecule has 0 aromatic heterocycles. The van der Waals surface area contributed by atoms with Crippen LogP contribution in [0.4, 0.5) is 26.3 Å². The van der Waals surface area contributed by atoms with E-state index in [-0.39, 0.29) is 16.6 Å². The summed E-state index contributed by atoms with van der Waals surface area (Å²) in [6, 6.07) is 1.35. The largest absolute Gasteiger partial charge is 0.539 e. The van der Waals surface area contributed by atoms with Gasteiger partial charge in [-0.2, -0.15) is 4.39 Å². The van der Waals surface area contributed by atoms with Crippen LogP contribution in [0.1, 0.15) is 41.5 Å². The minimum Gasteiger partial charge on any atom is -0.539 e. The van der Waals surface area contributed by atoms with E-state index >= 15 is 0 Å². The maximum atomic E-state index is 14.9. The van der Waals surface area contributed by atoms with Gasteiger partial charge in [-0.1, -0.05) is 41.5 Å². The molecule has 2 aromatic carbocycles. The third-order valence-corrected chi connectivity index (χ3v) is 11.1. The molecule has 1 nitrogen and oxygen atoms in total.